The highest BCUT2D eigenvalue weighted by atomic mass is 16.5. The van der Waals surface area contributed by atoms with Gasteiger partial charge in [0.2, 0.25) is 0 Å². The fourth-order valence-corrected chi connectivity index (χ4v) is 1.45. The van der Waals surface area contributed by atoms with Crippen LogP contribution in [0, 0.1) is 0 Å². The van der Waals surface area contributed by atoms with Gasteiger partial charge >= 0.3 is 5.97 Å². The fraction of sp³-hybridized carbons (Fsp3) is 0.583. The van der Waals surface area contributed by atoms with Crippen molar-refractivity contribution < 1.29 is 14.6 Å². The number of ether oxygens (including phenoxy) is 1. The SMILES string of the molecule is C[C@@H](O)CCCCCC=C1C=CC(=O)O1. The molecule has 1 rings (SSSR count). The summed E-state index contributed by atoms with van der Waals surface area (Å²) in [7, 11) is 0. The maximum Gasteiger partial charge on any atom is 0.336 e. The Hall–Kier alpha value is -1.09. The molecular formula is C12H18O3. The first-order valence-corrected chi connectivity index (χ1v) is 5.46. The summed E-state index contributed by atoms with van der Waals surface area (Å²) in [5.41, 5.74) is 0. The van der Waals surface area contributed by atoms with Crippen molar-refractivity contribution in [3.63, 3.8) is 0 Å². The van der Waals surface area contributed by atoms with Crippen LogP contribution in [0.2, 0.25) is 0 Å². The van der Waals surface area contributed by atoms with E-state index in [0.717, 1.165) is 32.1 Å². The summed E-state index contributed by atoms with van der Waals surface area (Å²) >= 11 is 0. The van der Waals surface area contributed by atoms with E-state index in [-0.39, 0.29) is 12.1 Å². The third-order valence-electron chi connectivity index (χ3n) is 2.27. The fourth-order valence-electron chi connectivity index (χ4n) is 1.45. The third-order valence-corrected chi connectivity index (χ3v) is 2.27. The Labute approximate surface area is 90.4 Å². The normalized spacial score (nSPS) is 19.6. The molecule has 1 N–H and O–H groups in total. The van der Waals surface area contributed by atoms with Gasteiger partial charge < -0.3 is 9.84 Å². The molecule has 0 aliphatic carbocycles. The molecule has 0 amide bonds. The van der Waals surface area contributed by atoms with Gasteiger partial charge in [0.05, 0.1) is 6.10 Å². The first-order valence-electron chi connectivity index (χ1n) is 5.46. The summed E-state index contributed by atoms with van der Waals surface area (Å²) in [5, 5.41) is 9.03. The molecule has 1 aliphatic rings. The molecule has 0 saturated heterocycles. The average Bonchev–Trinajstić information content (AvgIpc) is 2.57. The van der Waals surface area contributed by atoms with Crippen LogP contribution in [-0.4, -0.2) is 17.2 Å². The lowest BCUT2D eigenvalue weighted by molar-refractivity contribution is -0.132. The molecule has 0 aromatic carbocycles. The number of hydrogen-bond acceptors (Lipinski definition) is 3. The van der Waals surface area contributed by atoms with Gasteiger partial charge in [0.25, 0.3) is 0 Å². The Morgan fingerprint density at radius 3 is 2.80 bits per heavy atom. The van der Waals surface area contributed by atoms with E-state index in [2.05, 4.69) is 0 Å². The van der Waals surface area contributed by atoms with Crippen molar-refractivity contribution in [1.82, 2.24) is 0 Å². The lowest BCUT2D eigenvalue weighted by Gasteiger charge is -2.02. The van der Waals surface area contributed by atoms with Gasteiger partial charge in [-0.3, -0.25) is 0 Å². The van der Waals surface area contributed by atoms with Crippen LogP contribution in [0.5, 0.6) is 0 Å². The predicted molar refractivity (Wildman–Crippen MR) is 58.1 cm³/mol. The largest absolute Gasteiger partial charge is 0.424 e. The summed E-state index contributed by atoms with van der Waals surface area (Å²) in [6.45, 7) is 1.81. The van der Waals surface area contributed by atoms with Crippen LogP contribution in [-0.2, 0) is 9.53 Å². The minimum absolute atomic E-state index is 0.193. The van der Waals surface area contributed by atoms with E-state index in [9.17, 15) is 4.79 Å². The van der Waals surface area contributed by atoms with E-state index >= 15 is 0 Å². The van der Waals surface area contributed by atoms with Crippen molar-refractivity contribution in [2.24, 2.45) is 0 Å². The van der Waals surface area contributed by atoms with Crippen molar-refractivity contribution in [2.75, 3.05) is 0 Å². The number of unbranched alkanes of at least 4 members (excludes halogenated alkanes) is 3. The molecule has 0 aromatic heterocycles. The molecule has 1 aliphatic heterocycles. The lowest BCUT2D eigenvalue weighted by Crippen LogP contribution is -1.98. The summed E-state index contributed by atoms with van der Waals surface area (Å²) in [4.78, 5) is 10.7. The third kappa shape index (κ3) is 5.37. The topological polar surface area (TPSA) is 46.5 Å². The highest BCUT2D eigenvalue weighted by Gasteiger charge is 2.07. The van der Waals surface area contributed by atoms with Gasteiger partial charge in [-0.15, -0.1) is 0 Å². The second-order valence-electron chi connectivity index (χ2n) is 3.85. The van der Waals surface area contributed by atoms with E-state index in [0.29, 0.717) is 5.76 Å². The van der Waals surface area contributed by atoms with E-state index in [4.69, 9.17) is 9.84 Å². The van der Waals surface area contributed by atoms with Gasteiger partial charge in [0.1, 0.15) is 5.76 Å². The molecule has 0 fully saturated rings. The van der Waals surface area contributed by atoms with Crippen LogP contribution in [0.25, 0.3) is 0 Å². The maximum absolute atomic E-state index is 10.7. The molecule has 84 valence electrons. The lowest BCUT2D eigenvalue weighted by atomic mass is 10.1. The molecular weight excluding hydrogens is 192 g/mol. The van der Waals surface area contributed by atoms with E-state index < -0.39 is 0 Å². The Morgan fingerprint density at radius 2 is 2.20 bits per heavy atom. The van der Waals surface area contributed by atoms with Crippen LogP contribution in [0.4, 0.5) is 0 Å². The molecule has 0 radical (unpaired) electrons. The number of esters is 1. The number of aliphatic hydroxyl groups excluding tert-OH is 1. The van der Waals surface area contributed by atoms with Crippen LogP contribution >= 0.6 is 0 Å². The summed E-state index contributed by atoms with van der Waals surface area (Å²) in [6, 6.07) is 0. The standard InChI is InChI=1S/C12H18O3/c1-10(13)6-4-2-3-5-7-11-8-9-12(14)15-11/h7-10,13H,2-6H2,1H3/t10-/m1/s1. The number of carbonyl (C=O) groups excluding carboxylic acids is 1. The number of allylic oxidation sites excluding steroid dienone is 2. The smallest absolute Gasteiger partial charge is 0.336 e. The molecule has 3 nitrogen and oxygen atoms in total. The number of rotatable bonds is 6. The summed E-state index contributed by atoms with van der Waals surface area (Å²) < 4.78 is 4.88. The summed E-state index contributed by atoms with van der Waals surface area (Å²) in [5.74, 6) is 0.380. The number of hydrogen-bond donors (Lipinski definition) is 1. The monoisotopic (exact) mass is 210 g/mol. The zero-order chi connectivity index (χ0) is 11.1. The second-order valence-corrected chi connectivity index (χ2v) is 3.85. The highest BCUT2D eigenvalue weighted by Crippen LogP contribution is 2.12. The molecule has 0 aromatic rings. The van der Waals surface area contributed by atoms with Gasteiger partial charge in [-0.2, -0.15) is 0 Å². The predicted octanol–water partition coefficient (Wildman–Crippen LogP) is 2.31. The van der Waals surface area contributed by atoms with Gasteiger partial charge in [0, 0.05) is 6.08 Å². The van der Waals surface area contributed by atoms with Gasteiger partial charge in [-0.05, 0) is 38.3 Å². The van der Waals surface area contributed by atoms with Crippen molar-refractivity contribution in [1.29, 1.82) is 0 Å². The minimum Gasteiger partial charge on any atom is -0.424 e. The van der Waals surface area contributed by atoms with Crippen LogP contribution in [0.15, 0.2) is 24.0 Å². The molecule has 0 spiro atoms. The Balaban J connectivity index is 2.02. The quantitative estimate of drug-likeness (QED) is 0.540. The number of aliphatic hydroxyl groups is 1. The molecule has 0 unspecified atom stereocenters. The number of cyclic esters (lactones) is 1. The Morgan fingerprint density at radius 1 is 1.40 bits per heavy atom. The Kier molecular flexibility index (Phi) is 5.12. The first kappa shape index (κ1) is 12.0. The number of carbonyl (C=O) groups is 1. The van der Waals surface area contributed by atoms with Crippen molar-refractivity contribution in [3.05, 3.63) is 24.0 Å². The molecule has 15 heavy (non-hydrogen) atoms. The van der Waals surface area contributed by atoms with Crippen LogP contribution in [0.3, 0.4) is 0 Å². The van der Waals surface area contributed by atoms with Crippen LogP contribution < -0.4 is 0 Å². The highest BCUT2D eigenvalue weighted by molar-refractivity contribution is 5.86. The van der Waals surface area contributed by atoms with E-state index in [1.807, 2.05) is 13.0 Å². The zero-order valence-electron chi connectivity index (χ0n) is 9.11. The molecule has 0 bridgehead atoms. The molecule has 3 heteroatoms. The second kappa shape index (κ2) is 6.40. The van der Waals surface area contributed by atoms with Crippen molar-refractivity contribution >= 4 is 5.97 Å². The molecule has 0 saturated carbocycles. The van der Waals surface area contributed by atoms with E-state index in [1.165, 1.54) is 6.08 Å². The van der Waals surface area contributed by atoms with Crippen molar-refractivity contribution in [2.45, 2.75) is 45.1 Å². The summed E-state index contributed by atoms with van der Waals surface area (Å²) in [6.07, 6.45) is 9.88. The van der Waals surface area contributed by atoms with Crippen LogP contribution in [0.1, 0.15) is 39.0 Å². The van der Waals surface area contributed by atoms with Crippen molar-refractivity contribution in [3.8, 4) is 0 Å². The van der Waals surface area contributed by atoms with Gasteiger partial charge in [-0.1, -0.05) is 12.8 Å². The zero-order valence-corrected chi connectivity index (χ0v) is 9.11. The molecule has 1 atom stereocenters. The minimum atomic E-state index is -0.282. The van der Waals surface area contributed by atoms with E-state index in [1.54, 1.807) is 6.08 Å². The first-order chi connectivity index (χ1) is 7.18. The van der Waals surface area contributed by atoms with Gasteiger partial charge in [0.15, 0.2) is 0 Å². The maximum atomic E-state index is 10.7. The Bertz CT molecular complexity index is 264. The average molecular weight is 210 g/mol. The molecule has 1 heterocycles. The van der Waals surface area contributed by atoms with Gasteiger partial charge in [-0.25, -0.2) is 4.79 Å².